The number of carbonyl (C=O) groups is 3. The van der Waals surface area contributed by atoms with Gasteiger partial charge in [0, 0.05) is 48.7 Å². The topological polar surface area (TPSA) is 69.7 Å². The number of hydrogen-bond acceptors (Lipinski definition) is 4. The Kier molecular flexibility index (Phi) is 7.86. The van der Waals surface area contributed by atoms with Crippen molar-refractivity contribution >= 4 is 58.4 Å². The summed E-state index contributed by atoms with van der Waals surface area (Å²) in [5, 5.41) is 3.26. The molecule has 1 N–H and O–H groups in total. The molecule has 1 unspecified atom stereocenters. The largest absolute Gasteiger partial charge is 0.338 e. The molecule has 0 bridgehead atoms. The summed E-state index contributed by atoms with van der Waals surface area (Å²) < 4.78 is 0. The van der Waals surface area contributed by atoms with E-state index < -0.39 is 0 Å². The lowest BCUT2D eigenvalue weighted by Gasteiger charge is -2.36. The minimum Gasteiger partial charge on any atom is -0.338 e. The van der Waals surface area contributed by atoms with Crippen LogP contribution >= 0.6 is 35.0 Å². The van der Waals surface area contributed by atoms with Gasteiger partial charge in [0.2, 0.25) is 11.8 Å². The van der Waals surface area contributed by atoms with Crippen LogP contribution in [0.25, 0.3) is 0 Å². The van der Waals surface area contributed by atoms with Crippen LogP contribution in [0.2, 0.25) is 10.0 Å². The lowest BCUT2D eigenvalue weighted by atomic mass is 10.1. The van der Waals surface area contributed by atoms with E-state index in [1.807, 2.05) is 31.2 Å². The minimum atomic E-state index is -0.264. The van der Waals surface area contributed by atoms with Crippen molar-refractivity contribution in [2.75, 3.05) is 31.5 Å². The van der Waals surface area contributed by atoms with Crippen molar-refractivity contribution in [2.45, 2.75) is 24.0 Å². The Labute approximate surface area is 195 Å². The van der Waals surface area contributed by atoms with Crippen LogP contribution in [0.1, 0.15) is 24.2 Å². The van der Waals surface area contributed by atoms with Crippen molar-refractivity contribution < 1.29 is 14.4 Å². The molecule has 1 atom stereocenters. The summed E-state index contributed by atoms with van der Waals surface area (Å²) in [6, 6.07) is 12.2. The first-order valence-electron chi connectivity index (χ1n) is 9.82. The summed E-state index contributed by atoms with van der Waals surface area (Å²) in [6.07, 6.45) is 0. The fourth-order valence-electron chi connectivity index (χ4n) is 3.29. The first kappa shape index (κ1) is 23.4. The molecule has 6 nitrogen and oxygen atoms in total. The number of nitrogens with one attached hydrogen (secondary N) is 1. The van der Waals surface area contributed by atoms with Gasteiger partial charge in [-0.3, -0.25) is 14.4 Å². The van der Waals surface area contributed by atoms with E-state index in [1.165, 1.54) is 18.7 Å². The van der Waals surface area contributed by atoms with Crippen LogP contribution in [0.3, 0.4) is 0 Å². The monoisotopic (exact) mass is 479 g/mol. The number of nitrogens with zero attached hydrogens (tertiary/aromatic N) is 2. The molecule has 0 aromatic heterocycles. The molecule has 1 fully saturated rings. The number of thioether (sulfide) groups is 1. The second kappa shape index (κ2) is 10.4. The van der Waals surface area contributed by atoms with Crippen molar-refractivity contribution in [3.63, 3.8) is 0 Å². The van der Waals surface area contributed by atoms with Gasteiger partial charge in [-0.25, -0.2) is 0 Å². The third-order valence-corrected chi connectivity index (χ3v) is 6.52. The Hall–Kier alpha value is -2.22. The first-order chi connectivity index (χ1) is 14.7. The molecule has 1 saturated heterocycles. The third-order valence-electron chi connectivity index (χ3n) is 4.88. The van der Waals surface area contributed by atoms with Gasteiger partial charge in [-0.2, -0.15) is 0 Å². The fraction of sp³-hybridized carbons (Fsp3) is 0.318. The lowest BCUT2D eigenvalue weighted by molar-refractivity contribution is -0.131. The molecular weight excluding hydrogens is 457 g/mol. The van der Waals surface area contributed by atoms with Gasteiger partial charge in [0.1, 0.15) is 0 Å². The number of rotatable bonds is 5. The van der Waals surface area contributed by atoms with Crippen LogP contribution in [0.15, 0.2) is 47.4 Å². The average Bonchev–Trinajstić information content (AvgIpc) is 2.74. The van der Waals surface area contributed by atoms with E-state index in [0.29, 0.717) is 41.8 Å². The van der Waals surface area contributed by atoms with Crippen molar-refractivity contribution in [2.24, 2.45) is 0 Å². The van der Waals surface area contributed by atoms with Crippen LogP contribution in [0, 0.1) is 0 Å². The molecule has 0 radical (unpaired) electrons. The number of hydrogen-bond donors (Lipinski definition) is 1. The molecule has 2 aromatic rings. The molecule has 3 amide bonds. The van der Waals surface area contributed by atoms with Crippen LogP contribution in [-0.2, 0) is 9.59 Å². The van der Waals surface area contributed by atoms with E-state index in [2.05, 4.69) is 5.32 Å². The predicted octanol–water partition coefficient (Wildman–Crippen LogP) is 4.42. The van der Waals surface area contributed by atoms with Gasteiger partial charge >= 0.3 is 0 Å². The molecule has 0 spiro atoms. The SMILES string of the molecule is CC(=O)Nc1ccc(SC(C)C(=O)N2CCN(C(=O)c3ccc(Cl)cc3Cl)CC2)cc1. The number of piperazine rings is 1. The molecule has 1 aliphatic rings. The van der Waals surface area contributed by atoms with E-state index in [4.69, 9.17) is 23.2 Å². The maximum Gasteiger partial charge on any atom is 0.255 e. The highest BCUT2D eigenvalue weighted by molar-refractivity contribution is 8.00. The van der Waals surface area contributed by atoms with Crippen LogP contribution in [-0.4, -0.2) is 59.0 Å². The Balaban J connectivity index is 1.53. The van der Waals surface area contributed by atoms with E-state index in [1.54, 1.807) is 28.0 Å². The van der Waals surface area contributed by atoms with Crippen molar-refractivity contribution in [1.29, 1.82) is 0 Å². The first-order valence-corrected chi connectivity index (χ1v) is 11.5. The number of amides is 3. The van der Waals surface area contributed by atoms with Crippen LogP contribution in [0.5, 0.6) is 0 Å². The van der Waals surface area contributed by atoms with Gasteiger partial charge in [-0.05, 0) is 49.4 Å². The van der Waals surface area contributed by atoms with Gasteiger partial charge in [0.15, 0.2) is 0 Å². The molecular formula is C22H23Cl2N3O3S. The zero-order valence-corrected chi connectivity index (χ0v) is 19.6. The second-order valence-corrected chi connectivity index (χ2v) is 9.47. The predicted molar refractivity (Wildman–Crippen MR) is 125 cm³/mol. The number of halogens is 2. The normalized spacial score (nSPS) is 14.8. The molecule has 1 heterocycles. The van der Waals surface area contributed by atoms with Crippen molar-refractivity contribution in [1.82, 2.24) is 9.80 Å². The van der Waals surface area contributed by atoms with E-state index in [-0.39, 0.29) is 23.0 Å². The molecule has 0 saturated carbocycles. The summed E-state index contributed by atoms with van der Waals surface area (Å²) in [7, 11) is 0. The van der Waals surface area contributed by atoms with Gasteiger partial charge < -0.3 is 15.1 Å². The number of anilines is 1. The molecule has 9 heteroatoms. The maximum absolute atomic E-state index is 12.9. The Morgan fingerprint density at radius 3 is 2.16 bits per heavy atom. The Bertz CT molecular complexity index is 976. The summed E-state index contributed by atoms with van der Waals surface area (Å²) in [6.45, 7) is 5.18. The van der Waals surface area contributed by atoms with Gasteiger partial charge in [-0.15, -0.1) is 11.8 Å². The maximum atomic E-state index is 12.9. The molecule has 0 aliphatic carbocycles. The molecule has 3 rings (SSSR count). The molecule has 1 aliphatic heterocycles. The quantitative estimate of drug-likeness (QED) is 0.644. The second-order valence-electron chi connectivity index (χ2n) is 7.21. The van der Waals surface area contributed by atoms with E-state index in [0.717, 1.165) is 10.6 Å². The average molecular weight is 480 g/mol. The summed E-state index contributed by atoms with van der Waals surface area (Å²) >= 11 is 13.5. The Morgan fingerprint density at radius 2 is 1.58 bits per heavy atom. The lowest BCUT2D eigenvalue weighted by Crippen LogP contribution is -2.52. The van der Waals surface area contributed by atoms with Gasteiger partial charge in [0.05, 0.1) is 15.8 Å². The highest BCUT2D eigenvalue weighted by Gasteiger charge is 2.28. The summed E-state index contributed by atoms with van der Waals surface area (Å²) in [5.74, 6) is -0.247. The highest BCUT2D eigenvalue weighted by atomic mass is 35.5. The third kappa shape index (κ3) is 6.15. The zero-order chi connectivity index (χ0) is 22.5. The zero-order valence-electron chi connectivity index (χ0n) is 17.2. The van der Waals surface area contributed by atoms with Crippen LogP contribution in [0.4, 0.5) is 5.69 Å². The number of carbonyl (C=O) groups excluding carboxylic acids is 3. The minimum absolute atomic E-state index is 0.0348. The van der Waals surface area contributed by atoms with Crippen molar-refractivity contribution in [3.8, 4) is 0 Å². The van der Waals surface area contributed by atoms with Crippen molar-refractivity contribution in [3.05, 3.63) is 58.1 Å². The summed E-state index contributed by atoms with van der Waals surface area (Å²) in [5.41, 5.74) is 1.13. The standard InChI is InChI=1S/C22H23Cl2N3O3S/c1-14(31-18-6-4-17(5-7-18)25-15(2)28)21(29)26-9-11-27(12-10-26)22(30)19-8-3-16(23)13-20(19)24/h3-8,13-14H,9-12H2,1-2H3,(H,25,28). The van der Waals surface area contributed by atoms with Crippen LogP contribution < -0.4 is 5.32 Å². The molecule has 31 heavy (non-hydrogen) atoms. The number of benzene rings is 2. The highest BCUT2D eigenvalue weighted by Crippen LogP contribution is 2.27. The molecule has 2 aromatic carbocycles. The van der Waals surface area contributed by atoms with Gasteiger partial charge in [0.25, 0.3) is 5.91 Å². The van der Waals surface area contributed by atoms with E-state index >= 15 is 0 Å². The van der Waals surface area contributed by atoms with Gasteiger partial charge in [-0.1, -0.05) is 23.2 Å². The summed E-state index contributed by atoms with van der Waals surface area (Å²) in [4.78, 5) is 41.2. The fourth-order valence-corrected chi connectivity index (χ4v) is 4.74. The smallest absolute Gasteiger partial charge is 0.255 e. The molecule has 164 valence electrons. The van der Waals surface area contributed by atoms with E-state index in [9.17, 15) is 14.4 Å². The Morgan fingerprint density at radius 1 is 0.968 bits per heavy atom.